The van der Waals surface area contributed by atoms with E-state index < -0.39 is 0 Å². The van der Waals surface area contributed by atoms with E-state index in [1.807, 2.05) is 13.0 Å². The summed E-state index contributed by atoms with van der Waals surface area (Å²) in [6.45, 7) is 10.4. The van der Waals surface area contributed by atoms with Crippen LogP contribution in [0.25, 0.3) is 5.57 Å². The van der Waals surface area contributed by atoms with Gasteiger partial charge in [-0.1, -0.05) is 39.8 Å². The highest BCUT2D eigenvalue weighted by Crippen LogP contribution is 2.36. The largest absolute Gasteiger partial charge is 0.507 e. The van der Waals surface area contributed by atoms with Crippen molar-refractivity contribution >= 4 is 5.57 Å². The molecule has 0 aliphatic heterocycles. The van der Waals surface area contributed by atoms with Crippen molar-refractivity contribution in [1.82, 2.24) is 0 Å². The van der Waals surface area contributed by atoms with Crippen LogP contribution >= 0.6 is 0 Å². The number of phenols is 1. The minimum absolute atomic E-state index is 0.00576. The van der Waals surface area contributed by atoms with Crippen LogP contribution in [-0.4, -0.2) is 16.8 Å². The third kappa shape index (κ3) is 3.14. The fourth-order valence-electron chi connectivity index (χ4n) is 2.00. The normalized spacial score (nSPS) is 12.6. The summed E-state index contributed by atoms with van der Waals surface area (Å²) in [6, 6.07) is 4.10. The zero-order valence-corrected chi connectivity index (χ0v) is 12.0. The lowest BCUT2D eigenvalue weighted by Gasteiger charge is -2.17. The summed E-state index contributed by atoms with van der Waals surface area (Å²) in [6.07, 6.45) is 1.73. The van der Waals surface area contributed by atoms with Crippen LogP contribution in [-0.2, 0) is 0 Å². The van der Waals surface area contributed by atoms with E-state index in [2.05, 4.69) is 33.8 Å². The van der Waals surface area contributed by atoms with Gasteiger partial charge in [0.25, 0.3) is 0 Å². The Balaban J connectivity index is 3.45. The maximum atomic E-state index is 10.3. The summed E-state index contributed by atoms with van der Waals surface area (Å²) in [5, 5.41) is 19.3. The second-order valence-electron chi connectivity index (χ2n) is 5.39. The Bertz CT molecular complexity index is 443. The van der Waals surface area contributed by atoms with Crippen LogP contribution in [0.4, 0.5) is 0 Å². The molecule has 0 aromatic heterocycles. The monoisotopic (exact) mass is 248 g/mol. The van der Waals surface area contributed by atoms with E-state index in [0.29, 0.717) is 11.7 Å². The maximum Gasteiger partial charge on any atom is 0.126 e. The van der Waals surface area contributed by atoms with Gasteiger partial charge in [0.2, 0.25) is 0 Å². The second-order valence-corrected chi connectivity index (χ2v) is 5.39. The molecule has 0 fully saturated rings. The van der Waals surface area contributed by atoms with Crippen LogP contribution in [0.15, 0.2) is 18.2 Å². The summed E-state index contributed by atoms with van der Waals surface area (Å²) >= 11 is 0. The lowest BCUT2D eigenvalue weighted by atomic mass is 9.90. The van der Waals surface area contributed by atoms with Gasteiger partial charge < -0.3 is 10.2 Å². The molecule has 0 saturated heterocycles. The molecule has 0 atom stereocenters. The topological polar surface area (TPSA) is 40.5 Å². The predicted molar refractivity (Wildman–Crippen MR) is 77.0 cm³/mol. The minimum Gasteiger partial charge on any atom is -0.507 e. The minimum atomic E-state index is -0.00576. The van der Waals surface area contributed by atoms with Crippen molar-refractivity contribution in [3.63, 3.8) is 0 Å². The van der Waals surface area contributed by atoms with Crippen molar-refractivity contribution in [2.24, 2.45) is 0 Å². The number of hydrogen-bond acceptors (Lipinski definition) is 2. The zero-order valence-electron chi connectivity index (χ0n) is 12.0. The predicted octanol–water partition coefficient (Wildman–Crippen LogP) is 4.03. The van der Waals surface area contributed by atoms with Gasteiger partial charge in [0.1, 0.15) is 5.75 Å². The summed E-state index contributed by atoms with van der Waals surface area (Å²) in [5.41, 5.74) is 3.94. The Morgan fingerprint density at radius 1 is 1.17 bits per heavy atom. The molecule has 1 rings (SSSR count). The van der Waals surface area contributed by atoms with Gasteiger partial charge in [-0.15, -0.1) is 0 Å². The van der Waals surface area contributed by atoms with Crippen LogP contribution in [0.3, 0.4) is 0 Å². The highest BCUT2D eigenvalue weighted by molar-refractivity contribution is 5.71. The first-order valence-corrected chi connectivity index (χ1v) is 6.53. The summed E-state index contributed by atoms with van der Waals surface area (Å²) in [5.74, 6) is 1.05. The van der Waals surface area contributed by atoms with E-state index in [4.69, 9.17) is 5.11 Å². The van der Waals surface area contributed by atoms with Crippen LogP contribution in [0.2, 0.25) is 0 Å². The number of rotatable bonds is 4. The van der Waals surface area contributed by atoms with Crippen LogP contribution in [0.5, 0.6) is 5.75 Å². The van der Waals surface area contributed by atoms with Crippen molar-refractivity contribution < 1.29 is 10.2 Å². The van der Waals surface area contributed by atoms with Gasteiger partial charge in [-0.05, 0) is 41.5 Å². The number of allylic oxidation sites excluding steroid dienone is 1. The van der Waals surface area contributed by atoms with Crippen molar-refractivity contribution in [3.8, 4) is 5.75 Å². The molecule has 100 valence electrons. The molecule has 0 spiro atoms. The molecule has 0 saturated carbocycles. The summed E-state index contributed by atoms with van der Waals surface area (Å²) in [7, 11) is 0. The first-order chi connectivity index (χ1) is 8.38. The van der Waals surface area contributed by atoms with Gasteiger partial charge in [-0.25, -0.2) is 0 Å². The highest BCUT2D eigenvalue weighted by atomic mass is 16.3. The van der Waals surface area contributed by atoms with Gasteiger partial charge in [0.15, 0.2) is 0 Å². The summed E-state index contributed by atoms with van der Waals surface area (Å²) in [4.78, 5) is 0. The average molecular weight is 248 g/mol. The number of benzene rings is 1. The Morgan fingerprint density at radius 3 is 2.22 bits per heavy atom. The Hall–Kier alpha value is -1.28. The molecule has 1 aromatic rings. The van der Waals surface area contributed by atoms with E-state index >= 15 is 0 Å². The smallest absolute Gasteiger partial charge is 0.126 e. The molecular weight excluding hydrogens is 224 g/mol. The Kier molecular flexibility index (Phi) is 4.97. The molecule has 1 aromatic carbocycles. The van der Waals surface area contributed by atoms with Crippen LogP contribution in [0, 0.1) is 0 Å². The molecule has 2 heteroatoms. The molecule has 2 nitrogen and oxygen atoms in total. The van der Waals surface area contributed by atoms with Gasteiger partial charge in [0.05, 0.1) is 6.61 Å². The molecule has 2 N–H and O–H groups in total. The fraction of sp³-hybridized carbons (Fsp3) is 0.500. The maximum absolute atomic E-state index is 10.3. The van der Waals surface area contributed by atoms with Gasteiger partial charge >= 0.3 is 0 Å². The lowest BCUT2D eigenvalue weighted by molar-refractivity contribution is 0.343. The Morgan fingerprint density at radius 2 is 1.78 bits per heavy atom. The Labute approximate surface area is 110 Å². The number of aromatic hydroxyl groups is 1. The fourth-order valence-corrected chi connectivity index (χ4v) is 2.00. The molecule has 0 aliphatic rings. The molecule has 18 heavy (non-hydrogen) atoms. The van der Waals surface area contributed by atoms with E-state index in [1.54, 1.807) is 6.08 Å². The standard InChI is InChI=1S/C16H24O2/c1-10(2)13-8-14(11(3)4)16(18)15(9-13)12(5)6-7-17/h6,8-11,17-18H,7H2,1-5H3. The van der Waals surface area contributed by atoms with Crippen molar-refractivity contribution in [3.05, 3.63) is 34.9 Å². The van der Waals surface area contributed by atoms with Gasteiger partial charge in [0, 0.05) is 5.56 Å². The first kappa shape index (κ1) is 14.8. The SMILES string of the molecule is CC(=CCO)c1cc(C(C)C)cc(C(C)C)c1O. The highest BCUT2D eigenvalue weighted by Gasteiger charge is 2.15. The molecule has 0 aliphatic carbocycles. The summed E-state index contributed by atoms with van der Waals surface area (Å²) < 4.78 is 0. The quantitative estimate of drug-likeness (QED) is 0.844. The molecule has 0 bridgehead atoms. The second kappa shape index (κ2) is 6.05. The number of aliphatic hydroxyl groups is 1. The van der Waals surface area contributed by atoms with Crippen molar-refractivity contribution in [2.75, 3.05) is 6.61 Å². The van der Waals surface area contributed by atoms with E-state index in [-0.39, 0.29) is 12.5 Å². The molecule has 0 unspecified atom stereocenters. The number of hydrogen-bond donors (Lipinski definition) is 2. The lowest BCUT2D eigenvalue weighted by Crippen LogP contribution is -1.98. The molecule has 0 amide bonds. The molecule has 0 heterocycles. The average Bonchev–Trinajstić information content (AvgIpc) is 2.28. The van der Waals surface area contributed by atoms with Crippen molar-refractivity contribution in [2.45, 2.75) is 46.5 Å². The zero-order chi connectivity index (χ0) is 13.9. The van der Waals surface area contributed by atoms with Crippen LogP contribution < -0.4 is 0 Å². The van der Waals surface area contributed by atoms with E-state index in [1.165, 1.54) is 5.56 Å². The van der Waals surface area contributed by atoms with E-state index in [0.717, 1.165) is 16.7 Å². The third-order valence-electron chi connectivity index (χ3n) is 3.27. The third-order valence-corrected chi connectivity index (χ3v) is 3.27. The van der Waals surface area contributed by atoms with Crippen molar-refractivity contribution in [1.29, 1.82) is 0 Å². The number of phenolic OH excluding ortho intramolecular Hbond substituents is 1. The van der Waals surface area contributed by atoms with Crippen LogP contribution in [0.1, 0.15) is 63.1 Å². The first-order valence-electron chi connectivity index (χ1n) is 6.53. The van der Waals surface area contributed by atoms with Gasteiger partial charge in [-0.2, -0.15) is 0 Å². The van der Waals surface area contributed by atoms with E-state index in [9.17, 15) is 5.11 Å². The van der Waals surface area contributed by atoms with Gasteiger partial charge in [-0.3, -0.25) is 0 Å². The molecule has 0 radical (unpaired) electrons. The molecular formula is C16H24O2. The number of aliphatic hydroxyl groups excluding tert-OH is 1.